The Balaban J connectivity index is 1.76. The average Bonchev–Trinajstić information content (AvgIpc) is 3.36. The van der Waals surface area contributed by atoms with Crippen LogP contribution in [0.5, 0.6) is 0 Å². The Morgan fingerprint density at radius 2 is 1.97 bits per heavy atom. The van der Waals surface area contributed by atoms with Crippen LogP contribution in [0.15, 0.2) is 48.7 Å². The number of carbonyl (C=O) groups excluding carboxylic acids is 1. The molecule has 2 aromatic carbocycles. The number of hydrogen-bond acceptors (Lipinski definition) is 4. The predicted octanol–water partition coefficient (Wildman–Crippen LogP) is 3.64. The maximum atomic E-state index is 13.5. The Hall–Kier alpha value is -3.31. The molecule has 0 bridgehead atoms. The zero-order valence-corrected chi connectivity index (χ0v) is 17.1. The molecule has 6 nitrogen and oxygen atoms in total. The molecule has 2 atom stereocenters. The van der Waals surface area contributed by atoms with Crippen molar-refractivity contribution in [3.8, 4) is 6.07 Å². The Bertz CT molecular complexity index is 1170. The molecular formula is C23H22F2N4O2. The number of fused-ring (bicyclic) bond motifs is 1. The molecule has 1 saturated carbocycles. The number of alkyl halides is 2. The molecule has 2 N–H and O–H groups in total. The second-order valence-electron chi connectivity index (χ2n) is 8.22. The topological polar surface area (TPSA) is 90.9 Å². The molecule has 0 aliphatic heterocycles. The number of amides is 1. The molecule has 4 rings (SSSR count). The fourth-order valence-corrected chi connectivity index (χ4v) is 3.80. The number of nitrogens with one attached hydrogen (secondary N) is 1. The molecule has 1 heterocycles. The Kier molecular flexibility index (Phi) is 5.02. The molecule has 0 radical (unpaired) electrons. The molecule has 160 valence electrons. The maximum absolute atomic E-state index is 13.5. The molecule has 0 saturated heterocycles. The van der Waals surface area contributed by atoms with Gasteiger partial charge in [-0.1, -0.05) is 24.3 Å². The number of benzene rings is 2. The second-order valence-corrected chi connectivity index (χ2v) is 8.22. The van der Waals surface area contributed by atoms with Gasteiger partial charge in [0.15, 0.2) is 0 Å². The summed E-state index contributed by atoms with van der Waals surface area (Å²) in [6.07, 6.45) is 3.02. The van der Waals surface area contributed by atoms with E-state index in [1.807, 2.05) is 24.3 Å². The van der Waals surface area contributed by atoms with Crippen molar-refractivity contribution in [1.29, 1.82) is 5.26 Å². The van der Waals surface area contributed by atoms with E-state index in [1.54, 1.807) is 36.0 Å². The van der Waals surface area contributed by atoms with Gasteiger partial charge in [-0.25, -0.2) is 0 Å². The summed E-state index contributed by atoms with van der Waals surface area (Å²) in [6, 6.07) is 13.2. The van der Waals surface area contributed by atoms with Crippen LogP contribution in [0.3, 0.4) is 0 Å². The molecule has 0 unspecified atom stereocenters. The SMILES string of the molecule is C[C@H](NC(=O)C(C)(F)F)[C@@H](c1ccc(C2(O)CC2)cc1)n1ncc2cc(C#N)ccc21. The van der Waals surface area contributed by atoms with Gasteiger partial charge in [0, 0.05) is 12.3 Å². The largest absolute Gasteiger partial charge is 0.385 e. The molecule has 1 amide bonds. The standard InChI is InChI=1S/C23H22F2N4O2/c1-14(28-21(30)22(2,24)25)20(16-4-6-18(7-5-16)23(31)9-10-23)29-19-8-3-15(12-26)11-17(19)13-27-29/h3-8,11,13-14,20,31H,9-10H2,1-2H3,(H,28,30)/t14-,20-/m0/s1. The van der Waals surface area contributed by atoms with Gasteiger partial charge in [-0.15, -0.1) is 0 Å². The van der Waals surface area contributed by atoms with Crippen molar-refractivity contribution in [2.45, 2.75) is 50.3 Å². The first-order valence-electron chi connectivity index (χ1n) is 10.0. The van der Waals surface area contributed by atoms with E-state index in [2.05, 4.69) is 16.5 Å². The summed E-state index contributed by atoms with van der Waals surface area (Å²) in [7, 11) is 0. The highest BCUT2D eigenvalue weighted by molar-refractivity contribution is 5.83. The van der Waals surface area contributed by atoms with Crippen LogP contribution < -0.4 is 5.32 Å². The molecule has 1 aliphatic carbocycles. The van der Waals surface area contributed by atoms with E-state index in [0.29, 0.717) is 30.8 Å². The first-order valence-corrected chi connectivity index (χ1v) is 10.0. The van der Waals surface area contributed by atoms with E-state index in [1.165, 1.54) is 0 Å². The monoisotopic (exact) mass is 424 g/mol. The van der Waals surface area contributed by atoms with Gasteiger partial charge < -0.3 is 10.4 Å². The van der Waals surface area contributed by atoms with E-state index in [4.69, 9.17) is 5.26 Å². The van der Waals surface area contributed by atoms with Crippen LogP contribution in [-0.2, 0) is 10.4 Å². The number of aliphatic hydroxyl groups is 1. The second kappa shape index (κ2) is 7.43. The number of nitriles is 1. The van der Waals surface area contributed by atoms with Gasteiger partial charge in [0.05, 0.1) is 41.0 Å². The van der Waals surface area contributed by atoms with E-state index < -0.39 is 29.5 Å². The van der Waals surface area contributed by atoms with Crippen molar-refractivity contribution in [3.63, 3.8) is 0 Å². The first-order chi connectivity index (χ1) is 14.6. The van der Waals surface area contributed by atoms with Crippen LogP contribution >= 0.6 is 0 Å². The van der Waals surface area contributed by atoms with Gasteiger partial charge in [0.2, 0.25) is 0 Å². The maximum Gasteiger partial charge on any atom is 0.321 e. The van der Waals surface area contributed by atoms with Crippen LogP contribution in [0.2, 0.25) is 0 Å². The Morgan fingerprint density at radius 3 is 2.55 bits per heavy atom. The Labute approximate surface area is 178 Å². The first kappa shape index (κ1) is 20.9. The Morgan fingerprint density at radius 1 is 1.29 bits per heavy atom. The summed E-state index contributed by atoms with van der Waals surface area (Å²) in [5.74, 6) is -4.87. The van der Waals surface area contributed by atoms with Crippen molar-refractivity contribution in [2.75, 3.05) is 0 Å². The van der Waals surface area contributed by atoms with Crippen molar-refractivity contribution >= 4 is 16.8 Å². The molecule has 0 spiro atoms. The highest BCUT2D eigenvalue weighted by Crippen LogP contribution is 2.45. The smallest absolute Gasteiger partial charge is 0.321 e. The molecule has 1 fully saturated rings. The molecule has 1 aromatic heterocycles. The molecule has 1 aliphatic rings. The number of hydrogen-bond donors (Lipinski definition) is 2. The fraction of sp³-hybridized carbons (Fsp3) is 0.348. The third kappa shape index (κ3) is 4.01. The molecular weight excluding hydrogens is 402 g/mol. The average molecular weight is 424 g/mol. The molecule has 3 aromatic rings. The van der Waals surface area contributed by atoms with Crippen molar-refractivity contribution in [1.82, 2.24) is 15.1 Å². The van der Waals surface area contributed by atoms with Crippen LogP contribution in [0.4, 0.5) is 8.78 Å². The van der Waals surface area contributed by atoms with Crippen molar-refractivity contribution in [3.05, 3.63) is 65.4 Å². The van der Waals surface area contributed by atoms with E-state index in [-0.39, 0.29) is 0 Å². The van der Waals surface area contributed by atoms with Crippen LogP contribution in [0, 0.1) is 11.3 Å². The van der Waals surface area contributed by atoms with Gasteiger partial charge in [-0.2, -0.15) is 19.1 Å². The summed E-state index contributed by atoms with van der Waals surface area (Å²) in [6.45, 7) is 2.20. The van der Waals surface area contributed by atoms with Gasteiger partial charge in [0.25, 0.3) is 5.91 Å². The van der Waals surface area contributed by atoms with E-state index in [0.717, 1.165) is 16.5 Å². The number of nitrogens with zero attached hydrogens (tertiary/aromatic N) is 3. The zero-order valence-electron chi connectivity index (χ0n) is 17.1. The third-order valence-corrected chi connectivity index (χ3v) is 5.73. The lowest BCUT2D eigenvalue weighted by atomic mass is 9.97. The van der Waals surface area contributed by atoms with Crippen molar-refractivity contribution < 1.29 is 18.7 Å². The summed E-state index contributed by atoms with van der Waals surface area (Å²) in [5.41, 5.74) is 1.95. The highest BCUT2D eigenvalue weighted by Gasteiger charge is 2.42. The fourth-order valence-electron chi connectivity index (χ4n) is 3.80. The summed E-state index contributed by atoms with van der Waals surface area (Å²) in [4.78, 5) is 12.0. The number of carbonyl (C=O) groups is 1. The van der Waals surface area contributed by atoms with Crippen LogP contribution in [-0.4, -0.2) is 32.8 Å². The zero-order chi connectivity index (χ0) is 22.4. The van der Waals surface area contributed by atoms with Gasteiger partial charge >= 0.3 is 5.92 Å². The predicted molar refractivity (Wildman–Crippen MR) is 110 cm³/mol. The summed E-state index contributed by atoms with van der Waals surface area (Å²) in [5, 5.41) is 27.0. The number of halogens is 2. The minimum atomic E-state index is -3.51. The van der Waals surface area contributed by atoms with Crippen LogP contribution in [0.25, 0.3) is 10.9 Å². The molecule has 31 heavy (non-hydrogen) atoms. The quantitative estimate of drug-likeness (QED) is 0.632. The van der Waals surface area contributed by atoms with E-state index >= 15 is 0 Å². The van der Waals surface area contributed by atoms with Crippen LogP contribution in [0.1, 0.15) is 49.4 Å². The lowest BCUT2D eigenvalue weighted by Gasteiger charge is -2.28. The summed E-state index contributed by atoms with van der Waals surface area (Å²) >= 11 is 0. The number of rotatable bonds is 6. The summed E-state index contributed by atoms with van der Waals surface area (Å²) < 4.78 is 28.7. The normalized spacial score (nSPS) is 17.0. The molecule has 8 heteroatoms. The highest BCUT2D eigenvalue weighted by atomic mass is 19.3. The minimum absolute atomic E-state index is 0.484. The van der Waals surface area contributed by atoms with Crippen molar-refractivity contribution in [2.24, 2.45) is 0 Å². The van der Waals surface area contributed by atoms with Gasteiger partial charge in [-0.3, -0.25) is 9.48 Å². The minimum Gasteiger partial charge on any atom is -0.385 e. The lowest BCUT2D eigenvalue weighted by molar-refractivity contribution is -0.143. The lowest BCUT2D eigenvalue weighted by Crippen LogP contribution is -2.46. The number of aromatic nitrogens is 2. The van der Waals surface area contributed by atoms with Gasteiger partial charge in [0.1, 0.15) is 0 Å². The van der Waals surface area contributed by atoms with E-state index in [9.17, 15) is 18.7 Å². The third-order valence-electron chi connectivity index (χ3n) is 5.73. The van der Waals surface area contributed by atoms with Gasteiger partial charge in [-0.05, 0) is 49.1 Å².